The van der Waals surface area contributed by atoms with Crippen molar-refractivity contribution in [1.29, 1.82) is 0 Å². The highest BCUT2D eigenvalue weighted by molar-refractivity contribution is 5.74. The smallest absolute Gasteiger partial charge is 0.335 e. The molecule has 0 aromatic carbocycles. The van der Waals surface area contributed by atoms with Crippen molar-refractivity contribution in [3.8, 4) is 0 Å². The average Bonchev–Trinajstić information content (AvgIpc) is 3.53. The highest BCUT2D eigenvalue weighted by Crippen LogP contribution is 2.27. The first kappa shape index (κ1) is 75.4. The zero-order chi connectivity index (χ0) is 58.9. The summed E-state index contributed by atoms with van der Waals surface area (Å²) < 4.78 is 28.5. The van der Waals surface area contributed by atoms with E-state index in [4.69, 9.17) is 23.7 Å². The van der Waals surface area contributed by atoms with E-state index >= 15 is 0 Å². The number of ether oxygens (including phenoxy) is 5. The number of hydrogen-bond acceptors (Lipinski definition) is 11. The lowest BCUT2D eigenvalue weighted by molar-refractivity contribution is -0.301. The second-order valence-electron chi connectivity index (χ2n) is 22.8. The Morgan fingerprint density at radius 2 is 0.741 bits per heavy atom. The number of unbranched alkanes of at least 4 members (excludes halogenated alkanes) is 33. The molecule has 0 aromatic heterocycles. The average molecular weight is 1140 g/mol. The molecule has 81 heavy (non-hydrogen) atoms. The number of rotatable bonds is 57. The second-order valence-corrected chi connectivity index (χ2v) is 22.8. The zero-order valence-electron chi connectivity index (χ0n) is 51.8. The summed E-state index contributed by atoms with van der Waals surface area (Å²) >= 11 is 0. The first-order valence-corrected chi connectivity index (χ1v) is 33.3. The van der Waals surface area contributed by atoms with Gasteiger partial charge in [0.25, 0.3) is 0 Å². The van der Waals surface area contributed by atoms with E-state index in [1.165, 1.54) is 122 Å². The van der Waals surface area contributed by atoms with Crippen LogP contribution >= 0.6 is 0 Å². The zero-order valence-corrected chi connectivity index (χ0v) is 51.8. The lowest BCUT2D eigenvalue weighted by Crippen LogP contribution is -2.61. The Kier molecular flexibility index (Phi) is 53.0. The summed E-state index contributed by atoms with van der Waals surface area (Å²) in [7, 11) is 0. The van der Waals surface area contributed by atoms with E-state index in [9.17, 15) is 34.5 Å². The Labute approximate surface area is 494 Å². The fourth-order valence-corrected chi connectivity index (χ4v) is 9.94. The normalized spacial score (nSPS) is 18.1. The third kappa shape index (κ3) is 46.5. The second kappa shape index (κ2) is 56.9. The molecule has 0 aliphatic carbocycles. The summed E-state index contributed by atoms with van der Waals surface area (Å²) in [6.07, 6.45) is 58.8. The minimum Gasteiger partial charge on any atom is -0.479 e. The number of aliphatic hydroxyl groups is 2. The summed E-state index contributed by atoms with van der Waals surface area (Å²) in [5.41, 5.74) is 0. The third-order valence-electron chi connectivity index (χ3n) is 15.1. The van der Waals surface area contributed by atoms with Crippen LogP contribution in [0.3, 0.4) is 0 Å². The molecule has 1 saturated heterocycles. The lowest BCUT2D eigenvalue weighted by Gasteiger charge is -2.40. The summed E-state index contributed by atoms with van der Waals surface area (Å²) in [4.78, 5) is 51.3. The molecule has 6 atom stereocenters. The maximum absolute atomic E-state index is 13.2. The van der Waals surface area contributed by atoms with Crippen LogP contribution in [0.25, 0.3) is 0 Å². The molecule has 468 valence electrons. The third-order valence-corrected chi connectivity index (χ3v) is 15.1. The van der Waals surface area contributed by atoms with Gasteiger partial charge in [0.2, 0.25) is 0 Å². The van der Waals surface area contributed by atoms with Gasteiger partial charge in [0, 0.05) is 19.3 Å². The van der Waals surface area contributed by atoms with Crippen LogP contribution < -0.4 is 0 Å². The van der Waals surface area contributed by atoms with Gasteiger partial charge in [-0.25, -0.2) is 4.79 Å². The van der Waals surface area contributed by atoms with Crippen LogP contribution in [0.5, 0.6) is 0 Å². The van der Waals surface area contributed by atoms with Gasteiger partial charge in [-0.05, 0) is 89.9 Å². The fraction of sp³-hybridized carbons (Fsp3) is 0.797. The van der Waals surface area contributed by atoms with Crippen molar-refractivity contribution in [2.75, 3.05) is 13.2 Å². The Morgan fingerprint density at radius 1 is 0.407 bits per heavy atom. The molecular formula is C69H120O12. The van der Waals surface area contributed by atoms with Gasteiger partial charge in [-0.1, -0.05) is 255 Å². The number of allylic oxidation sites excluding steroid dienone is 10. The van der Waals surface area contributed by atoms with E-state index in [0.717, 1.165) is 122 Å². The van der Waals surface area contributed by atoms with Crippen molar-refractivity contribution in [3.63, 3.8) is 0 Å². The monoisotopic (exact) mass is 1140 g/mol. The molecule has 1 rings (SSSR count). The molecule has 3 N–H and O–H groups in total. The number of carbonyl (C=O) groups excluding carboxylic acids is 3. The molecule has 12 heteroatoms. The van der Waals surface area contributed by atoms with Gasteiger partial charge in [0.05, 0.1) is 6.61 Å². The molecule has 1 aliphatic rings. The summed E-state index contributed by atoms with van der Waals surface area (Å²) in [6.45, 7) is 5.96. The van der Waals surface area contributed by atoms with Crippen molar-refractivity contribution in [2.45, 2.75) is 340 Å². The molecule has 1 aliphatic heterocycles. The van der Waals surface area contributed by atoms with E-state index in [1.54, 1.807) is 0 Å². The van der Waals surface area contributed by atoms with E-state index < -0.39 is 67.3 Å². The SMILES string of the molecule is CCCCC/C=C\C/C=C\C/C=C\CCCCCCCCC(=O)OCC(COC1OC(C(=O)O)C(O)C(O)C1OC(=O)CCCCCCCCCCCCCCCCCCC)OC(=O)CCCCCCC/C=C\C/C=C\CCCCC. The Hall–Kier alpha value is -3.58. The van der Waals surface area contributed by atoms with Crippen LogP contribution in [0.2, 0.25) is 0 Å². The minimum atomic E-state index is -1.91. The van der Waals surface area contributed by atoms with Crippen molar-refractivity contribution >= 4 is 23.9 Å². The molecular weight excluding hydrogens is 1020 g/mol. The maximum Gasteiger partial charge on any atom is 0.335 e. The van der Waals surface area contributed by atoms with Crippen LogP contribution in [0, 0.1) is 0 Å². The van der Waals surface area contributed by atoms with Crippen LogP contribution in [-0.2, 0) is 42.9 Å². The first-order chi connectivity index (χ1) is 39.6. The van der Waals surface area contributed by atoms with Gasteiger partial charge < -0.3 is 39.0 Å². The first-order valence-electron chi connectivity index (χ1n) is 33.3. The lowest BCUT2D eigenvalue weighted by atomic mass is 9.98. The number of esters is 3. The van der Waals surface area contributed by atoms with E-state index in [-0.39, 0.29) is 25.9 Å². The number of hydrogen-bond donors (Lipinski definition) is 3. The molecule has 12 nitrogen and oxygen atoms in total. The van der Waals surface area contributed by atoms with Crippen molar-refractivity contribution in [1.82, 2.24) is 0 Å². The summed E-state index contributed by atoms with van der Waals surface area (Å²) in [5, 5.41) is 31.6. The highest BCUT2D eigenvalue weighted by Gasteiger charge is 2.50. The Bertz CT molecular complexity index is 1640. The van der Waals surface area contributed by atoms with Gasteiger partial charge in [-0.2, -0.15) is 0 Å². The van der Waals surface area contributed by atoms with Crippen LogP contribution in [0.1, 0.15) is 303 Å². The number of carboxylic acids is 1. The van der Waals surface area contributed by atoms with Crippen LogP contribution in [0.4, 0.5) is 0 Å². The van der Waals surface area contributed by atoms with Gasteiger partial charge >= 0.3 is 23.9 Å². The molecule has 6 unspecified atom stereocenters. The quantitative estimate of drug-likeness (QED) is 0.0228. The van der Waals surface area contributed by atoms with Gasteiger partial charge in [0.1, 0.15) is 18.8 Å². The molecule has 0 bridgehead atoms. The molecule has 1 fully saturated rings. The molecule has 0 aromatic rings. The summed E-state index contributed by atoms with van der Waals surface area (Å²) in [5.74, 6) is -3.13. The van der Waals surface area contributed by atoms with E-state index in [2.05, 4.69) is 81.5 Å². The number of aliphatic carboxylic acids is 1. The molecule has 0 amide bonds. The van der Waals surface area contributed by atoms with Crippen LogP contribution in [-0.4, -0.2) is 89.2 Å². The number of carbonyl (C=O) groups is 4. The van der Waals surface area contributed by atoms with E-state index in [1.807, 2.05) is 0 Å². The molecule has 0 radical (unpaired) electrons. The molecule has 0 saturated carbocycles. The van der Waals surface area contributed by atoms with Crippen molar-refractivity contribution in [2.24, 2.45) is 0 Å². The van der Waals surface area contributed by atoms with E-state index in [0.29, 0.717) is 19.3 Å². The summed E-state index contributed by atoms with van der Waals surface area (Å²) in [6, 6.07) is 0. The number of aliphatic hydroxyl groups excluding tert-OH is 2. The molecule has 1 heterocycles. The standard InChI is InChI=1S/C69H120O12/c1-4-7-10-13-16-19-22-25-28-30-31-33-35-37-40-43-46-49-52-55-61(70)77-58-60(79-62(71)56-53-50-47-44-41-38-34-27-24-21-18-15-12-9-6-3)59-78-69-67(65(74)64(73)66(81-69)68(75)76)80-63(72)57-54-51-48-45-42-39-36-32-29-26-23-20-17-14-11-8-5-2/h16,18-19,21,25,27-28,31,33-34,60,64-67,69,73-74H,4-15,17,20,22-24,26,29-30,32,35-59H2,1-3H3,(H,75,76)/b19-16-,21-18-,28-25-,33-31-,34-27-. The predicted molar refractivity (Wildman–Crippen MR) is 331 cm³/mol. The fourth-order valence-electron chi connectivity index (χ4n) is 9.94. The number of carboxylic acid groups (broad SMARTS) is 1. The van der Waals surface area contributed by atoms with Gasteiger partial charge in [0.15, 0.2) is 24.6 Å². The Balaban J connectivity index is 2.66. The predicted octanol–water partition coefficient (Wildman–Crippen LogP) is 17.9. The molecule has 0 spiro atoms. The Morgan fingerprint density at radius 3 is 1.15 bits per heavy atom. The largest absolute Gasteiger partial charge is 0.479 e. The van der Waals surface area contributed by atoms with Crippen LogP contribution in [0.15, 0.2) is 60.8 Å². The van der Waals surface area contributed by atoms with Crippen molar-refractivity contribution < 1.29 is 58.2 Å². The van der Waals surface area contributed by atoms with Gasteiger partial charge in [-0.3, -0.25) is 14.4 Å². The maximum atomic E-state index is 13.2. The van der Waals surface area contributed by atoms with Crippen molar-refractivity contribution in [3.05, 3.63) is 60.8 Å². The highest BCUT2D eigenvalue weighted by atomic mass is 16.7. The van der Waals surface area contributed by atoms with Gasteiger partial charge in [-0.15, -0.1) is 0 Å². The minimum absolute atomic E-state index is 0.0607. The topological polar surface area (TPSA) is 175 Å².